The molecule has 0 spiro atoms. The van der Waals surface area contributed by atoms with Crippen LogP contribution < -0.4 is 4.74 Å². The van der Waals surface area contributed by atoms with E-state index in [1.54, 1.807) is 12.0 Å². The molecule has 3 aromatic rings. The van der Waals surface area contributed by atoms with Gasteiger partial charge in [0.2, 0.25) is 0 Å². The summed E-state index contributed by atoms with van der Waals surface area (Å²) in [4.78, 5) is 19.3. The van der Waals surface area contributed by atoms with Crippen LogP contribution in [0.3, 0.4) is 0 Å². The summed E-state index contributed by atoms with van der Waals surface area (Å²) >= 11 is 0. The summed E-state index contributed by atoms with van der Waals surface area (Å²) in [6, 6.07) is 29.6. The molecule has 0 aromatic heterocycles. The number of hydrogen-bond acceptors (Lipinski definition) is 5. The molecule has 2 saturated heterocycles. The molecule has 2 aliphatic heterocycles. The fourth-order valence-corrected chi connectivity index (χ4v) is 5.13. The zero-order valence-corrected chi connectivity index (χ0v) is 20.3. The first kappa shape index (κ1) is 23.4. The maximum Gasteiger partial charge on any atom is 0.410 e. The quantitative estimate of drug-likeness (QED) is 0.487. The molecule has 5 rings (SSSR count). The number of ether oxygens (including phenoxy) is 2. The van der Waals surface area contributed by atoms with Gasteiger partial charge in [0.05, 0.1) is 19.7 Å². The van der Waals surface area contributed by atoms with Crippen molar-refractivity contribution in [3.05, 3.63) is 102 Å². The third kappa shape index (κ3) is 5.66. The van der Waals surface area contributed by atoms with Crippen LogP contribution in [0.2, 0.25) is 0 Å². The third-order valence-corrected chi connectivity index (χ3v) is 6.95. The number of cyclic esters (lactones) is 1. The lowest BCUT2D eigenvalue weighted by atomic mass is 9.96. The highest BCUT2D eigenvalue weighted by atomic mass is 16.6. The number of amides is 1. The number of benzene rings is 3. The van der Waals surface area contributed by atoms with Gasteiger partial charge in [0.1, 0.15) is 11.9 Å². The van der Waals surface area contributed by atoms with Crippen molar-refractivity contribution in [3.63, 3.8) is 0 Å². The second-order valence-electron chi connectivity index (χ2n) is 9.29. The zero-order valence-electron chi connectivity index (χ0n) is 20.3. The van der Waals surface area contributed by atoms with E-state index in [-0.39, 0.29) is 18.2 Å². The minimum Gasteiger partial charge on any atom is -0.497 e. The van der Waals surface area contributed by atoms with Crippen molar-refractivity contribution < 1.29 is 14.3 Å². The number of methoxy groups -OCH3 is 1. The van der Waals surface area contributed by atoms with Crippen molar-refractivity contribution in [2.24, 2.45) is 0 Å². The van der Waals surface area contributed by atoms with Crippen LogP contribution in [0, 0.1) is 0 Å². The van der Waals surface area contributed by atoms with Gasteiger partial charge in [-0.2, -0.15) is 0 Å². The molecule has 182 valence electrons. The Labute approximate surface area is 207 Å². The highest BCUT2D eigenvalue weighted by Gasteiger charge is 2.34. The summed E-state index contributed by atoms with van der Waals surface area (Å²) in [6.45, 7) is 5.84. The Morgan fingerprint density at radius 1 is 0.857 bits per heavy atom. The summed E-state index contributed by atoms with van der Waals surface area (Å²) in [6.07, 6.45) is -0.316. The number of carbonyl (C=O) groups is 1. The molecule has 2 aliphatic rings. The van der Waals surface area contributed by atoms with Crippen molar-refractivity contribution in [2.75, 3.05) is 46.4 Å². The average Bonchev–Trinajstić information content (AvgIpc) is 3.25. The minimum absolute atomic E-state index is 0.0914. The summed E-state index contributed by atoms with van der Waals surface area (Å²) in [5.41, 5.74) is 3.72. The van der Waals surface area contributed by atoms with Crippen molar-refractivity contribution in [3.8, 4) is 5.75 Å². The number of carbonyl (C=O) groups excluding carboxylic acids is 1. The molecule has 1 amide bonds. The fraction of sp³-hybridized carbons (Fsp3) is 0.345. The van der Waals surface area contributed by atoms with E-state index in [0.29, 0.717) is 13.1 Å². The molecular formula is C29H33N3O3. The van der Waals surface area contributed by atoms with E-state index in [4.69, 9.17) is 9.47 Å². The van der Waals surface area contributed by atoms with Crippen LogP contribution in [0.25, 0.3) is 0 Å². The topological polar surface area (TPSA) is 45.2 Å². The van der Waals surface area contributed by atoms with Gasteiger partial charge in [0, 0.05) is 39.3 Å². The number of rotatable bonds is 8. The number of piperazine rings is 1. The summed E-state index contributed by atoms with van der Waals surface area (Å²) in [5.74, 6) is 0.816. The molecule has 6 heteroatoms. The maximum atomic E-state index is 12.5. The molecule has 0 aliphatic carbocycles. The normalized spacial score (nSPS) is 19.2. The molecule has 2 fully saturated rings. The van der Waals surface area contributed by atoms with E-state index in [2.05, 4.69) is 70.5 Å². The predicted octanol–water partition coefficient (Wildman–Crippen LogP) is 4.42. The van der Waals surface area contributed by atoms with Crippen LogP contribution >= 0.6 is 0 Å². The van der Waals surface area contributed by atoms with Gasteiger partial charge in [-0.15, -0.1) is 0 Å². The van der Waals surface area contributed by atoms with E-state index in [1.807, 2.05) is 24.3 Å². The van der Waals surface area contributed by atoms with Gasteiger partial charge in [-0.3, -0.25) is 9.80 Å². The Bertz CT molecular complexity index is 1040. The molecule has 2 heterocycles. The molecule has 0 saturated carbocycles. The number of hydrogen-bond donors (Lipinski definition) is 0. The third-order valence-electron chi connectivity index (χ3n) is 6.95. The smallest absolute Gasteiger partial charge is 0.410 e. The first-order valence-corrected chi connectivity index (χ1v) is 12.3. The Hall–Kier alpha value is -3.35. The van der Waals surface area contributed by atoms with E-state index in [9.17, 15) is 4.79 Å². The van der Waals surface area contributed by atoms with Crippen molar-refractivity contribution >= 4 is 6.09 Å². The van der Waals surface area contributed by atoms with Crippen LogP contribution in [0.1, 0.15) is 22.7 Å². The van der Waals surface area contributed by atoms with Gasteiger partial charge in [-0.05, 0) is 28.8 Å². The first-order valence-electron chi connectivity index (χ1n) is 12.3. The monoisotopic (exact) mass is 471 g/mol. The van der Waals surface area contributed by atoms with Gasteiger partial charge >= 0.3 is 6.09 Å². The summed E-state index contributed by atoms with van der Waals surface area (Å²) < 4.78 is 10.9. The maximum absolute atomic E-state index is 12.5. The second-order valence-corrected chi connectivity index (χ2v) is 9.29. The lowest BCUT2D eigenvalue weighted by Crippen LogP contribution is -2.50. The Morgan fingerprint density at radius 2 is 1.46 bits per heavy atom. The van der Waals surface area contributed by atoms with E-state index in [1.165, 1.54) is 11.1 Å². The van der Waals surface area contributed by atoms with E-state index >= 15 is 0 Å². The van der Waals surface area contributed by atoms with Crippen LogP contribution in [0.5, 0.6) is 5.75 Å². The summed E-state index contributed by atoms with van der Waals surface area (Å²) in [5, 5.41) is 0. The first-order chi connectivity index (χ1) is 17.2. The highest BCUT2D eigenvalue weighted by molar-refractivity contribution is 5.70. The standard InChI is InChI=1S/C29H33N3O3/c1-34-26-14-12-23(13-15-26)20-32-22-27(35-29(32)33)21-30-16-18-31(19-17-30)28(24-8-4-2-5-9-24)25-10-6-3-7-11-25/h2-15,27-28H,16-22H2,1H3. The van der Waals surface area contributed by atoms with E-state index in [0.717, 1.165) is 44.0 Å². The van der Waals surface area contributed by atoms with Gasteiger partial charge < -0.3 is 14.4 Å². The molecule has 0 radical (unpaired) electrons. The van der Waals surface area contributed by atoms with Gasteiger partial charge in [-0.25, -0.2) is 4.79 Å². The SMILES string of the molecule is COc1ccc(CN2CC(CN3CCN(C(c4ccccc4)c4ccccc4)CC3)OC2=O)cc1. The molecular weight excluding hydrogens is 438 g/mol. The largest absolute Gasteiger partial charge is 0.497 e. The van der Waals surface area contributed by atoms with Gasteiger partial charge in [-0.1, -0.05) is 72.8 Å². The second kappa shape index (κ2) is 10.9. The minimum atomic E-state index is -0.224. The van der Waals surface area contributed by atoms with Gasteiger partial charge in [0.25, 0.3) is 0 Å². The Kier molecular flexibility index (Phi) is 7.31. The van der Waals surface area contributed by atoms with Crippen LogP contribution in [0.4, 0.5) is 4.79 Å². The highest BCUT2D eigenvalue weighted by Crippen LogP contribution is 2.29. The van der Waals surface area contributed by atoms with Crippen LogP contribution in [-0.4, -0.2) is 73.3 Å². The average molecular weight is 472 g/mol. The van der Waals surface area contributed by atoms with Crippen molar-refractivity contribution in [2.45, 2.75) is 18.7 Å². The molecule has 35 heavy (non-hydrogen) atoms. The van der Waals surface area contributed by atoms with Crippen molar-refractivity contribution in [1.29, 1.82) is 0 Å². The van der Waals surface area contributed by atoms with E-state index < -0.39 is 0 Å². The van der Waals surface area contributed by atoms with Gasteiger partial charge in [0.15, 0.2) is 0 Å². The molecule has 0 bridgehead atoms. The van der Waals surface area contributed by atoms with Crippen LogP contribution in [0.15, 0.2) is 84.9 Å². The van der Waals surface area contributed by atoms with Crippen LogP contribution in [-0.2, 0) is 11.3 Å². The molecule has 3 aromatic carbocycles. The lowest BCUT2D eigenvalue weighted by molar-refractivity contribution is 0.0670. The summed E-state index contributed by atoms with van der Waals surface area (Å²) in [7, 11) is 1.65. The Morgan fingerprint density at radius 3 is 2.03 bits per heavy atom. The zero-order chi connectivity index (χ0) is 24.0. The predicted molar refractivity (Wildman–Crippen MR) is 136 cm³/mol. The lowest BCUT2D eigenvalue weighted by Gasteiger charge is -2.40. The molecule has 1 atom stereocenters. The fourth-order valence-electron chi connectivity index (χ4n) is 5.13. The van der Waals surface area contributed by atoms with Crippen molar-refractivity contribution in [1.82, 2.24) is 14.7 Å². The molecule has 0 N–H and O–H groups in total. The molecule has 6 nitrogen and oxygen atoms in total. The Balaban J connectivity index is 1.16. The molecule has 1 unspecified atom stereocenters. The number of nitrogens with zero attached hydrogens (tertiary/aromatic N) is 3.